The Hall–Kier alpha value is -0.610. The molecule has 4 heteroatoms. The molecule has 3 N–H and O–H groups in total. The Morgan fingerprint density at radius 3 is 2.60 bits per heavy atom. The Kier molecular flexibility index (Phi) is 3.73. The van der Waals surface area contributed by atoms with Gasteiger partial charge in [-0.2, -0.15) is 0 Å². The van der Waals surface area contributed by atoms with E-state index in [9.17, 15) is 9.50 Å². The molecule has 1 rings (SSSR count). The summed E-state index contributed by atoms with van der Waals surface area (Å²) in [7, 11) is 0. The minimum atomic E-state index is -0.607. The summed E-state index contributed by atoms with van der Waals surface area (Å²) in [4.78, 5) is 0. The average Bonchev–Trinajstić information content (AvgIpc) is 2.11. The van der Waals surface area contributed by atoms with Crippen LogP contribution in [0.2, 0.25) is 0 Å². The number of aromatic hydroxyl groups is 1. The molecule has 0 saturated heterocycles. The quantitative estimate of drug-likeness (QED) is 0.891. The first-order valence-corrected chi connectivity index (χ1v) is 5.56. The van der Waals surface area contributed by atoms with Gasteiger partial charge in [-0.25, -0.2) is 4.39 Å². The van der Waals surface area contributed by atoms with Crippen LogP contribution in [0.1, 0.15) is 25.8 Å². The average molecular weight is 276 g/mol. The van der Waals surface area contributed by atoms with Gasteiger partial charge in [-0.1, -0.05) is 29.8 Å². The van der Waals surface area contributed by atoms with E-state index in [2.05, 4.69) is 15.9 Å². The lowest BCUT2D eigenvalue weighted by atomic mass is 9.81. The fraction of sp³-hybridized carbons (Fsp3) is 0.455. The molecule has 15 heavy (non-hydrogen) atoms. The first-order valence-electron chi connectivity index (χ1n) is 4.77. The van der Waals surface area contributed by atoms with Gasteiger partial charge in [0.15, 0.2) is 11.6 Å². The molecule has 0 amide bonds. The van der Waals surface area contributed by atoms with Crippen molar-refractivity contribution in [3.8, 4) is 5.75 Å². The molecule has 0 unspecified atom stereocenters. The second kappa shape index (κ2) is 4.49. The van der Waals surface area contributed by atoms with Crippen LogP contribution in [0.3, 0.4) is 0 Å². The van der Waals surface area contributed by atoms with E-state index in [0.29, 0.717) is 23.0 Å². The van der Waals surface area contributed by atoms with Crippen LogP contribution in [-0.4, -0.2) is 11.7 Å². The maximum absolute atomic E-state index is 13.3. The van der Waals surface area contributed by atoms with Crippen molar-refractivity contribution in [2.24, 2.45) is 5.73 Å². The number of nitrogens with two attached hydrogens (primary N) is 1. The van der Waals surface area contributed by atoms with Gasteiger partial charge in [0, 0.05) is 10.0 Å². The zero-order chi connectivity index (χ0) is 11.6. The summed E-state index contributed by atoms with van der Waals surface area (Å²) < 4.78 is 13.9. The van der Waals surface area contributed by atoms with Crippen molar-refractivity contribution in [2.75, 3.05) is 6.54 Å². The predicted molar refractivity (Wildman–Crippen MR) is 62.5 cm³/mol. The van der Waals surface area contributed by atoms with Crippen LogP contribution in [0.4, 0.5) is 4.39 Å². The van der Waals surface area contributed by atoms with E-state index in [1.807, 2.05) is 13.8 Å². The molecule has 0 saturated carbocycles. The summed E-state index contributed by atoms with van der Waals surface area (Å²) >= 11 is 3.21. The number of phenolic OH excluding ortho intramolecular Hbond substituents is 1. The van der Waals surface area contributed by atoms with Gasteiger partial charge in [0.2, 0.25) is 0 Å². The summed E-state index contributed by atoms with van der Waals surface area (Å²) in [5, 5.41) is 9.65. The molecule has 0 aliphatic rings. The minimum absolute atomic E-state index is 0.281. The molecule has 1 aromatic rings. The van der Waals surface area contributed by atoms with Crippen LogP contribution >= 0.6 is 15.9 Å². The second-order valence-corrected chi connectivity index (χ2v) is 5.12. The van der Waals surface area contributed by atoms with E-state index < -0.39 is 5.82 Å². The summed E-state index contributed by atoms with van der Waals surface area (Å²) in [6.07, 6.45) is 0.691. The first kappa shape index (κ1) is 12.5. The molecule has 0 aliphatic carbocycles. The summed E-state index contributed by atoms with van der Waals surface area (Å²) in [5.74, 6) is -0.888. The van der Waals surface area contributed by atoms with Crippen LogP contribution in [-0.2, 0) is 5.41 Å². The number of rotatable bonds is 3. The lowest BCUT2D eigenvalue weighted by molar-refractivity contribution is 0.394. The number of phenols is 1. The molecule has 0 fully saturated rings. The highest BCUT2D eigenvalue weighted by molar-refractivity contribution is 9.10. The molecule has 84 valence electrons. The van der Waals surface area contributed by atoms with E-state index in [-0.39, 0.29) is 11.2 Å². The van der Waals surface area contributed by atoms with E-state index in [1.54, 1.807) is 6.07 Å². The van der Waals surface area contributed by atoms with Gasteiger partial charge in [-0.15, -0.1) is 0 Å². The van der Waals surface area contributed by atoms with E-state index in [4.69, 9.17) is 5.73 Å². The highest BCUT2D eigenvalue weighted by Gasteiger charge is 2.25. The van der Waals surface area contributed by atoms with Crippen LogP contribution < -0.4 is 5.73 Å². The summed E-state index contributed by atoms with van der Waals surface area (Å²) in [6, 6.07) is 2.98. The molecule has 0 aliphatic heterocycles. The molecule has 1 aromatic carbocycles. The van der Waals surface area contributed by atoms with Crippen LogP contribution in [0.15, 0.2) is 16.6 Å². The smallest absolute Gasteiger partial charge is 0.166 e. The van der Waals surface area contributed by atoms with Crippen LogP contribution in [0.25, 0.3) is 0 Å². The molecular weight excluding hydrogens is 261 g/mol. The highest BCUT2D eigenvalue weighted by Crippen LogP contribution is 2.37. The Labute approximate surface area is 97.4 Å². The van der Waals surface area contributed by atoms with Crippen molar-refractivity contribution in [3.05, 3.63) is 28.0 Å². The maximum Gasteiger partial charge on any atom is 0.166 e. The molecular formula is C11H15BrFNO. The van der Waals surface area contributed by atoms with Gasteiger partial charge in [-0.05, 0) is 30.5 Å². The molecule has 2 nitrogen and oxygen atoms in total. The van der Waals surface area contributed by atoms with Gasteiger partial charge in [0.05, 0.1) is 0 Å². The van der Waals surface area contributed by atoms with Crippen molar-refractivity contribution in [1.29, 1.82) is 0 Å². The van der Waals surface area contributed by atoms with Crippen molar-refractivity contribution in [1.82, 2.24) is 0 Å². The third-order valence-electron chi connectivity index (χ3n) is 2.53. The second-order valence-electron chi connectivity index (χ2n) is 4.21. The summed E-state index contributed by atoms with van der Waals surface area (Å²) in [5.41, 5.74) is 5.74. The lowest BCUT2D eigenvalue weighted by Gasteiger charge is -2.25. The van der Waals surface area contributed by atoms with Crippen LogP contribution in [0.5, 0.6) is 5.75 Å². The van der Waals surface area contributed by atoms with Gasteiger partial charge in [-0.3, -0.25) is 0 Å². The zero-order valence-corrected chi connectivity index (χ0v) is 10.4. The first-order chi connectivity index (χ1) is 6.88. The van der Waals surface area contributed by atoms with Crippen LogP contribution in [0, 0.1) is 5.82 Å². The number of benzene rings is 1. The molecule has 0 atom stereocenters. The number of halogens is 2. The number of hydrogen-bond donors (Lipinski definition) is 2. The Bertz CT molecular complexity index is 366. The standard InChI is InChI=1S/C11H15BrFNO/c1-11(2,3-4-14)8-5-7(12)6-9(13)10(8)15/h5-6,15H,3-4,14H2,1-2H3. The summed E-state index contributed by atoms with van der Waals surface area (Å²) in [6.45, 7) is 4.36. The van der Waals surface area contributed by atoms with Crippen molar-refractivity contribution in [3.63, 3.8) is 0 Å². The van der Waals surface area contributed by atoms with Crippen molar-refractivity contribution < 1.29 is 9.50 Å². The van der Waals surface area contributed by atoms with E-state index in [1.165, 1.54) is 6.07 Å². The number of hydrogen-bond acceptors (Lipinski definition) is 2. The SMILES string of the molecule is CC(C)(CCN)c1cc(Br)cc(F)c1O. The molecule has 0 spiro atoms. The zero-order valence-electron chi connectivity index (χ0n) is 8.85. The third-order valence-corrected chi connectivity index (χ3v) is 2.98. The van der Waals surface area contributed by atoms with Gasteiger partial charge in [0.1, 0.15) is 0 Å². The normalized spacial score (nSPS) is 11.8. The van der Waals surface area contributed by atoms with Crippen molar-refractivity contribution in [2.45, 2.75) is 25.7 Å². The van der Waals surface area contributed by atoms with Gasteiger partial charge < -0.3 is 10.8 Å². The maximum atomic E-state index is 13.3. The largest absolute Gasteiger partial charge is 0.505 e. The van der Waals surface area contributed by atoms with Crippen molar-refractivity contribution >= 4 is 15.9 Å². The highest BCUT2D eigenvalue weighted by atomic mass is 79.9. The third kappa shape index (κ3) is 2.69. The topological polar surface area (TPSA) is 46.2 Å². The van der Waals surface area contributed by atoms with E-state index >= 15 is 0 Å². The van der Waals surface area contributed by atoms with E-state index in [0.717, 1.165) is 0 Å². The van der Waals surface area contributed by atoms with Gasteiger partial charge in [0.25, 0.3) is 0 Å². The molecule has 0 radical (unpaired) electrons. The molecule has 0 aromatic heterocycles. The Morgan fingerprint density at radius 1 is 1.47 bits per heavy atom. The monoisotopic (exact) mass is 275 g/mol. The fourth-order valence-electron chi connectivity index (χ4n) is 1.58. The minimum Gasteiger partial charge on any atom is -0.505 e. The Morgan fingerprint density at radius 2 is 2.07 bits per heavy atom. The molecule has 0 bridgehead atoms. The fourth-order valence-corrected chi connectivity index (χ4v) is 2.01. The van der Waals surface area contributed by atoms with Gasteiger partial charge >= 0.3 is 0 Å². The molecule has 0 heterocycles. The predicted octanol–water partition coefficient (Wildman–Crippen LogP) is 2.92. The Balaban J connectivity index is 3.24. The lowest BCUT2D eigenvalue weighted by Crippen LogP contribution is -2.22.